The van der Waals surface area contributed by atoms with Crippen molar-refractivity contribution in [3.8, 4) is 5.75 Å². The van der Waals surface area contributed by atoms with E-state index in [4.69, 9.17) is 17.3 Å². The lowest BCUT2D eigenvalue weighted by atomic mass is 10.1. The molecule has 0 radical (unpaired) electrons. The summed E-state index contributed by atoms with van der Waals surface area (Å²) in [5.74, 6) is -0.0402. The van der Waals surface area contributed by atoms with E-state index in [2.05, 4.69) is 5.32 Å². The number of hydrogen-bond acceptors (Lipinski definition) is 3. The van der Waals surface area contributed by atoms with Gasteiger partial charge in [0.05, 0.1) is 17.1 Å². The number of nitrogen functional groups attached to an aromatic ring is 1. The van der Waals surface area contributed by atoms with E-state index in [1.165, 1.54) is 0 Å². The van der Waals surface area contributed by atoms with Crippen LogP contribution in [0.1, 0.15) is 11.1 Å². The molecule has 20 heavy (non-hydrogen) atoms. The number of nitrogens with two attached hydrogens (primary N) is 1. The van der Waals surface area contributed by atoms with E-state index in [0.29, 0.717) is 16.4 Å². The second-order valence-electron chi connectivity index (χ2n) is 4.58. The van der Waals surface area contributed by atoms with Gasteiger partial charge in [-0.15, -0.1) is 0 Å². The fraction of sp³-hybridized carbons (Fsp3) is 0.133. The van der Waals surface area contributed by atoms with Gasteiger partial charge < -0.3 is 16.2 Å². The third-order valence-electron chi connectivity index (χ3n) is 2.89. The van der Waals surface area contributed by atoms with Gasteiger partial charge in [0.25, 0.3) is 0 Å². The number of amides is 1. The van der Waals surface area contributed by atoms with Gasteiger partial charge in [-0.2, -0.15) is 0 Å². The molecule has 0 aliphatic carbocycles. The molecule has 4 nitrogen and oxygen atoms in total. The number of aryl methyl sites for hydroxylation is 1. The number of nitrogens with one attached hydrogen (secondary N) is 1. The normalized spacial score (nSPS) is 10.3. The van der Waals surface area contributed by atoms with Crippen molar-refractivity contribution >= 4 is 28.9 Å². The van der Waals surface area contributed by atoms with E-state index in [1.54, 1.807) is 36.4 Å². The maximum Gasteiger partial charge on any atom is 0.228 e. The molecule has 1 amide bonds. The molecular formula is C15H15ClN2O2. The molecule has 104 valence electrons. The molecule has 0 spiro atoms. The van der Waals surface area contributed by atoms with Crippen molar-refractivity contribution in [2.45, 2.75) is 13.3 Å². The smallest absolute Gasteiger partial charge is 0.228 e. The summed E-state index contributed by atoms with van der Waals surface area (Å²) >= 11 is 5.94. The van der Waals surface area contributed by atoms with Gasteiger partial charge >= 0.3 is 0 Å². The zero-order valence-electron chi connectivity index (χ0n) is 11.0. The summed E-state index contributed by atoms with van der Waals surface area (Å²) in [5, 5.41) is 12.6. The third-order valence-corrected chi connectivity index (χ3v) is 3.22. The monoisotopic (exact) mass is 290 g/mol. The molecule has 4 N–H and O–H groups in total. The number of aromatic hydroxyl groups is 1. The van der Waals surface area contributed by atoms with Crippen LogP contribution in [0.5, 0.6) is 5.75 Å². The van der Waals surface area contributed by atoms with Crippen molar-refractivity contribution in [2.75, 3.05) is 11.1 Å². The summed E-state index contributed by atoms with van der Waals surface area (Å²) in [6.45, 7) is 1.84. The first-order valence-electron chi connectivity index (χ1n) is 6.09. The number of carbonyl (C=O) groups is 1. The van der Waals surface area contributed by atoms with Crippen LogP contribution in [0.4, 0.5) is 11.4 Å². The van der Waals surface area contributed by atoms with Crippen LogP contribution in [0, 0.1) is 6.92 Å². The van der Waals surface area contributed by atoms with Crippen LogP contribution >= 0.6 is 11.6 Å². The third kappa shape index (κ3) is 3.42. The molecule has 0 atom stereocenters. The molecule has 0 heterocycles. The Morgan fingerprint density at radius 3 is 2.80 bits per heavy atom. The molecule has 0 saturated carbocycles. The van der Waals surface area contributed by atoms with Gasteiger partial charge in [-0.25, -0.2) is 0 Å². The van der Waals surface area contributed by atoms with Crippen molar-refractivity contribution < 1.29 is 9.90 Å². The van der Waals surface area contributed by atoms with Crippen LogP contribution in [0.25, 0.3) is 0 Å². The second kappa shape index (κ2) is 5.84. The number of benzene rings is 2. The topological polar surface area (TPSA) is 75.3 Å². The maximum atomic E-state index is 12.0. The fourth-order valence-corrected chi connectivity index (χ4v) is 2.05. The molecule has 0 aromatic heterocycles. The van der Waals surface area contributed by atoms with Gasteiger partial charge in [0.2, 0.25) is 5.91 Å². The highest BCUT2D eigenvalue weighted by molar-refractivity contribution is 6.33. The molecule has 2 rings (SSSR count). The van der Waals surface area contributed by atoms with E-state index >= 15 is 0 Å². The highest BCUT2D eigenvalue weighted by Gasteiger charge is 2.08. The van der Waals surface area contributed by atoms with E-state index in [-0.39, 0.29) is 18.1 Å². The Hall–Kier alpha value is -2.20. The van der Waals surface area contributed by atoms with Gasteiger partial charge in [0.15, 0.2) is 0 Å². The summed E-state index contributed by atoms with van der Waals surface area (Å²) in [4.78, 5) is 12.0. The van der Waals surface area contributed by atoms with E-state index in [1.807, 2.05) is 6.92 Å². The van der Waals surface area contributed by atoms with Crippen LogP contribution < -0.4 is 11.1 Å². The van der Waals surface area contributed by atoms with Gasteiger partial charge in [-0.3, -0.25) is 4.79 Å². The first-order chi connectivity index (χ1) is 9.45. The highest BCUT2D eigenvalue weighted by atomic mass is 35.5. The zero-order valence-corrected chi connectivity index (χ0v) is 11.7. The number of phenols is 1. The lowest BCUT2D eigenvalue weighted by molar-refractivity contribution is -0.115. The maximum absolute atomic E-state index is 12.0. The number of hydrogen-bond donors (Lipinski definition) is 3. The molecule has 5 heteroatoms. The average molecular weight is 291 g/mol. The number of anilines is 2. The van der Waals surface area contributed by atoms with Crippen LogP contribution in [-0.2, 0) is 11.2 Å². The summed E-state index contributed by atoms with van der Waals surface area (Å²) in [5.41, 5.74) is 8.38. The number of phenolic OH excluding ortho intramolecular Hbond substituents is 1. The van der Waals surface area contributed by atoms with Crippen molar-refractivity contribution in [2.24, 2.45) is 0 Å². The standard InChI is InChI=1S/C15H15ClN2O2/c1-9-5-13(17)12(16)8-14(9)18-15(20)7-10-3-2-4-11(19)6-10/h2-6,8,19H,7,17H2,1H3,(H,18,20). The minimum atomic E-state index is -0.181. The summed E-state index contributed by atoms with van der Waals surface area (Å²) < 4.78 is 0. The molecule has 0 saturated heterocycles. The van der Waals surface area contributed by atoms with Crippen molar-refractivity contribution in [1.29, 1.82) is 0 Å². The number of carbonyl (C=O) groups excluding carboxylic acids is 1. The average Bonchev–Trinajstić information content (AvgIpc) is 2.36. The quantitative estimate of drug-likeness (QED) is 0.760. The Bertz CT molecular complexity index is 656. The minimum absolute atomic E-state index is 0.141. The minimum Gasteiger partial charge on any atom is -0.508 e. The molecule has 0 unspecified atom stereocenters. The molecule has 2 aromatic rings. The predicted octanol–water partition coefficient (Wildman–Crippen LogP) is 3.12. The first-order valence-corrected chi connectivity index (χ1v) is 6.47. The Kier molecular flexibility index (Phi) is 4.15. The molecule has 2 aromatic carbocycles. The molecule has 0 aliphatic rings. The molecule has 0 aliphatic heterocycles. The Balaban J connectivity index is 2.10. The van der Waals surface area contributed by atoms with Crippen LogP contribution in [0.2, 0.25) is 5.02 Å². The van der Waals surface area contributed by atoms with E-state index in [9.17, 15) is 9.90 Å². The van der Waals surface area contributed by atoms with Crippen molar-refractivity contribution in [3.05, 3.63) is 52.5 Å². The van der Waals surface area contributed by atoms with Crippen LogP contribution in [0.15, 0.2) is 36.4 Å². The summed E-state index contributed by atoms with van der Waals surface area (Å²) in [6.07, 6.45) is 0.176. The zero-order chi connectivity index (χ0) is 14.7. The van der Waals surface area contributed by atoms with Gasteiger partial charge in [-0.1, -0.05) is 23.7 Å². The van der Waals surface area contributed by atoms with Gasteiger partial charge in [-0.05, 0) is 42.3 Å². The van der Waals surface area contributed by atoms with Gasteiger partial charge in [0.1, 0.15) is 5.75 Å². The van der Waals surface area contributed by atoms with Crippen molar-refractivity contribution in [3.63, 3.8) is 0 Å². The predicted molar refractivity (Wildman–Crippen MR) is 81.0 cm³/mol. The Morgan fingerprint density at radius 2 is 2.10 bits per heavy atom. The van der Waals surface area contributed by atoms with Crippen molar-refractivity contribution in [1.82, 2.24) is 0 Å². The number of halogens is 1. The fourth-order valence-electron chi connectivity index (χ4n) is 1.88. The lowest BCUT2D eigenvalue weighted by Crippen LogP contribution is -2.15. The number of rotatable bonds is 3. The Morgan fingerprint density at radius 1 is 1.35 bits per heavy atom. The van der Waals surface area contributed by atoms with E-state index < -0.39 is 0 Å². The Labute approximate surface area is 122 Å². The van der Waals surface area contributed by atoms with E-state index in [0.717, 1.165) is 11.1 Å². The van der Waals surface area contributed by atoms with Gasteiger partial charge in [0, 0.05) is 5.69 Å². The molecular weight excluding hydrogens is 276 g/mol. The largest absolute Gasteiger partial charge is 0.508 e. The second-order valence-corrected chi connectivity index (χ2v) is 4.99. The lowest BCUT2D eigenvalue weighted by Gasteiger charge is -2.10. The first kappa shape index (κ1) is 14.2. The van der Waals surface area contributed by atoms with Crippen LogP contribution in [0.3, 0.4) is 0 Å². The highest BCUT2D eigenvalue weighted by Crippen LogP contribution is 2.26. The summed E-state index contributed by atoms with van der Waals surface area (Å²) in [7, 11) is 0. The summed E-state index contributed by atoms with van der Waals surface area (Å²) in [6, 6.07) is 9.94. The molecule has 0 bridgehead atoms. The SMILES string of the molecule is Cc1cc(N)c(Cl)cc1NC(=O)Cc1cccc(O)c1. The van der Waals surface area contributed by atoms with Crippen LogP contribution in [-0.4, -0.2) is 11.0 Å². The molecule has 0 fully saturated rings.